The maximum Gasteiger partial charge on any atom is 0.231 e. The molecule has 2 heterocycles. The lowest BCUT2D eigenvalue weighted by Gasteiger charge is -2.19. The standard InChI is InChI=1S/C24H25FN6OS/c1-4-31-22(18-7-5-6-16(2)14-18)28-29-24(31)33-15-20(32)27-21(23-26-12-13-30(23)3)17-8-10-19(25)11-9-17/h5-14,21H,4,15H2,1-3H3,(H,27,32). The summed E-state index contributed by atoms with van der Waals surface area (Å²) in [4.78, 5) is 17.3. The lowest BCUT2D eigenvalue weighted by molar-refractivity contribution is -0.119. The van der Waals surface area contributed by atoms with E-state index in [9.17, 15) is 9.18 Å². The lowest BCUT2D eigenvalue weighted by atomic mass is 10.1. The van der Waals surface area contributed by atoms with Crippen LogP contribution in [0, 0.1) is 12.7 Å². The van der Waals surface area contributed by atoms with Gasteiger partial charge in [-0.05, 0) is 37.6 Å². The van der Waals surface area contributed by atoms with Crippen LogP contribution < -0.4 is 5.32 Å². The van der Waals surface area contributed by atoms with Gasteiger partial charge < -0.3 is 14.5 Å². The third-order valence-corrected chi connectivity index (χ3v) is 6.23. The molecule has 0 spiro atoms. The molecule has 1 N–H and O–H groups in total. The highest BCUT2D eigenvalue weighted by atomic mass is 32.2. The molecular weight excluding hydrogens is 439 g/mol. The number of thioether (sulfide) groups is 1. The van der Waals surface area contributed by atoms with Gasteiger partial charge in [-0.3, -0.25) is 4.79 Å². The van der Waals surface area contributed by atoms with Crippen LogP contribution >= 0.6 is 11.8 Å². The zero-order chi connectivity index (χ0) is 23.4. The Labute approximate surface area is 196 Å². The van der Waals surface area contributed by atoms with E-state index in [1.165, 1.54) is 23.9 Å². The number of carbonyl (C=O) groups is 1. The molecule has 4 aromatic rings. The first-order chi connectivity index (χ1) is 16.0. The monoisotopic (exact) mass is 464 g/mol. The molecule has 4 rings (SSSR count). The molecule has 0 aliphatic rings. The van der Waals surface area contributed by atoms with Crippen molar-refractivity contribution in [3.63, 3.8) is 0 Å². The van der Waals surface area contributed by atoms with Crippen LogP contribution in [-0.4, -0.2) is 36.0 Å². The first kappa shape index (κ1) is 22.7. The van der Waals surface area contributed by atoms with Crippen molar-refractivity contribution in [2.24, 2.45) is 7.05 Å². The number of aromatic nitrogens is 5. The van der Waals surface area contributed by atoms with E-state index in [0.717, 1.165) is 22.5 Å². The van der Waals surface area contributed by atoms with E-state index in [2.05, 4.69) is 26.6 Å². The first-order valence-corrected chi connectivity index (χ1v) is 11.6. The van der Waals surface area contributed by atoms with Gasteiger partial charge in [0, 0.05) is 31.5 Å². The number of hydrogen-bond acceptors (Lipinski definition) is 5. The minimum atomic E-state index is -0.495. The molecule has 0 bridgehead atoms. The van der Waals surface area contributed by atoms with Crippen molar-refractivity contribution in [3.8, 4) is 11.4 Å². The van der Waals surface area contributed by atoms with Gasteiger partial charge in [0.25, 0.3) is 0 Å². The summed E-state index contributed by atoms with van der Waals surface area (Å²) >= 11 is 1.33. The summed E-state index contributed by atoms with van der Waals surface area (Å²) in [7, 11) is 1.86. The second-order valence-electron chi connectivity index (χ2n) is 7.66. The van der Waals surface area contributed by atoms with E-state index in [4.69, 9.17) is 0 Å². The zero-order valence-electron chi connectivity index (χ0n) is 18.7. The van der Waals surface area contributed by atoms with E-state index in [1.54, 1.807) is 18.3 Å². The maximum atomic E-state index is 13.4. The molecule has 0 saturated heterocycles. The van der Waals surface area contributed by atoms with Crippen molar-refractivity contribution in [3.05, 3.63) is 83.7 Å². The molecule has 0 aliphatic heterocycles. The van der Waals surface area contributed by atoms with Gasteiger partial charge >= 0.3 is 0 Å². The molecule has 1 amide bonds. The van der Waals surface area contributed by atoms with E-state index in [-0.39, 0.29) is 17.5 Å². The number of amides is 1. The largest absolute Gasteiger partial charge is 0.341 e. The van der Waals surface area contributed by atoms with Crippen molar-refractivity contribution in [2.45, 2.75) is 31.6 Å². The first-order valence-electron chi connectivity index (χ1n) is 10.6. The van der Waals surface area contributed by atoms with Crippen molar-refractivity contribution >= 4 is 17.7 Å². The minimum Gasteiger partial charge on any atom is -0.341 e. The highest BCUT2D eigenvalue weighted by Crippen LogP contribution is 2.25. The molecule has 2 aromatic carbocycles. The molecule has 0 radical (unpaired) electrons. The fourth-order valence-electron chi connectivity index (χ4n) is 3.62. The molecular formula is C24H25FN6OS. The number of imidazole rings is 1. The number of halogens is 1. The topological polar surface area (TPSA) is 77.6 Å². The summed E-state index contributed by atoms with van der Waals surface area (Å²) in [5, 5.41) is 12.4. The molecule has 170 valence electrons. The predicted octanol–water partition coefficient (Wildman–Crippen LogP) is 4.14. The van der Waals surface area contributed by atoms with Gasteiger partial charge in [-0.15, -0.1) is 10.2 Å². The van der Waals surface area contributed by atoms with Gasteiger partial charge in [-0.25, -0.2) is 9.37 Å². The Morgan fingerprint density at radius 2 is 1.97 bits per heavy atom. The summed E-state index contributed by atoms with van der Waals surface area (Å²) in [5.74, 6) is 1.09. The molecule has 0 aliphatic carbocycles. The molecule has 0 saturated carbocycles. The van der Waals surface area contributed by atoms with Crippen molar-refractivity contribution in [2.75, 3.05) is 5.75 Å². The lowest BCUT2D eigenvalue weighted by Crippen LogP contribution is -2.32. The second kappa shape index (κ2) is 9.99. The Hall–Kier alpha value is -3.46. The van der Waals surface area contributed by atoms with Gasteiger partial charge in [-0.2, -0.15) is 0 Å². The number of rotatable bonds is 8. The van der Waals surface area contributed by atoms with Crippen LogP contribution in [0.15, 0.2) is 66.1 Å². The van der Waals surface area contributed by atoms with E-state index in [1.807, 2.05) is 54.4 Å². The third kappa shape index (κ3) is 5.14. The summed E-state index contributed by atoms with van der Waals surface area (Å²) < 4.78 is 17.3. The Morgan fingerprint density at radius 1 is 1.18 bits per heavy atom. The molecule has 9 heteroatoms. The van der Waals surface area contributed by atoms with Crippen LogP contribution in [0.3, 0.4) is 0 Å². The van der Waals surface area contributed by atoms with E-state index < -0.39 is 6.04 Å². The fraction of sp³-hybridized carbons (Fsp3) is 0.250. The molecule has 0 fully saturated rings. The second-order valence-corrected chi connectivity index (χ2v) is 8.60. The molecule has 1 unspecified atom stereocenters. The number of aryl methyl sites for hydroxylation is 2. The van der Waals surface area contributed by atoms with E-state index >= 15 is 0 Å². The number of nitrogens with one attached hydrogen (secondary N) is 1. The molecule has 2 aromatic heterocycles. The average Bonchev–Trinajstić information content (AvgIpc) is 3.42. The van der Waals surface area contributed by atoms with Gasteiger partial charge in [0.05, 0.1) is 5.75 Å². The van der Waals surface area contributed by atoms with Crippen LogP contribution in [0.25, 0.3) is 11.4 Å². The van der Waals surface area contributed by atoms with Crippen molar-refractivity contribution in [1.82, 2.24) is 29.6 Å². The van der Waals surface area contributed by atoms with Crippen molar-refractivity contribution in [1.29, 1.82) is 0 Å². The van der Waals surface area contributed by atoms with Gasteiger partial charge in [0.1, 0.15) is 17.7 Å². The quantitative estimate of drug-likeness (QED) is 0.397. The van der Waals surface area contributed by atoms with Gasteiger partial charge in [-0.1, -0.05) is 47.7 Å². The SMILES string of the molecule is CCn1c(SCC(=O)NC(c2ccc(F)cc2)c2nccn2C)nnc1-c1cccc(C)c1. The van der Waals surface area contributed by atoms with Crippen LogP contribution in [0.1, 0.15) is 29.9 Å². The zero-order valence-corrected chi connectivity index (χ0v) is 19.5. The summed E-state index contributed by atoms with van der Waals surface area (Å²) in [5.41, 5.74) is 2.89. The van der Waals surface area contributed by atoms with Crippen LogP contribution in [0.2, 0.25) is 0 Å². The molecule has 1 atom stereocenters. The number of hydrogen-bond donors (Lipinski definition) is 1. The number of benzene rings is 2. The highest BCUT2D eigenvalue weighted by molar-refractivity contribution is 7.99. The highest BCUT2D eigenvalue weighted by Gasteiger charge is 2.22. The van der Waals surface area contributed by atoms with Crippen LogP contribution in [-0.2, 0) is 18.4 Å². The fourth-order valence-corrected chi connectivity index (χ4v) is 4.43. The normalized spacial score (nSPS) is 12.0. The van der Waals surface area contributed by atoms with Gasteiger partial charge in [0.2, 0.25) is 5.91 Å². The number of nitrogens with zero attached hydrogens (tertiary/aromatic N) is 5. The molecule has 33 heavy (non-hydrogen) atoms. The van der Waals surface area contributed by atoms with Crippen molar-refractivity contribution < 1.29 is 9.18 Å². The van der Waals surface area contributed by atoms with Crippen LogP contribution in [0.4, 0.5) is 4.39 Å². The Bertz CT molecular complexity index is 1250. The Balaban J connectivity index is 1.50. The Kier molecular flexibility index (Phi) is 6.88. The number of carbonyl (C=O) groups excluding carboxylic acids is 1. The summed E-state index contributed by atoms with van der Waals surface area (Å²) in [6, 6.07) is 13.7. The predicted molar refractivity (Wildman–Crippen MR) is 126 cm³/mol. The molecule has 7 nitrogen and oxygen atoms in total. The van der Waals surface area contributed by atoms with Crippen LogP contribution in [0.5, 0.6) is 0 Å². The average molecular weight is 465 g/mol. The van der Waals surface area contributed by atoms with E-state index in [0.29, 0.717) is 17.5 Å². The minimum absolute atomic E-state index is 0.161. The Morgan fingerprint density at radius 3 is 2.64 bits per heavy atom. The van der Waals surface area contributed by atoms with Gasteiger partial charge in [0.15, 0.2) is 11.0 Å². The summed E-state index contributed by atoms with van der Waals surface area (Å²) in [6.07, 6.45) is 3.48. The smallest absolute Gasteiger partial charge is 0.231 e. The maximum absolute atomic E-state index is 13.4. The third-order valence-electron chi connectivity index (χ3n) is 5.27. The summed E-state index contributed by atoms with van der Waals surface area (Å²) in [6.45, 7) is 4.75.